The van der Waals surface area contributed by atoms with Gasteiger partial charge in [0.25, 0.3) is 0 Å². The van der Waals surface area contributed by atoms with Crippen LogP contribution in [0.4, 0.5) is 5.82 Å². The Bertz CT molecular complexity index is 394. The topological polar surface area (TPSA) is 99.2 Å². The SMILES string of the molecule is O=CNc1cccc(C(=O)C(=O)[O-])n1.[Na+]. The molecule has 15 heavy (non-hydrogen) atoms. The van der Waals surface area contributed by atoms with Gasteiger partial charge in [-0.3, -0.25) is 9.59 Å². The van der Waals surface area contributed by atoms with Gasteiger partial charge in [-0.15, -0.1) is 0 Å². The van der Waals surface area contributed by atoms with Crippen molar-refractivity contribution in [2.75, 3.05) is 5.32 Å². The van der Waals surface area contributed by atoms with Crippen molar-refractivity contribution in [3.8, 4) is 0 Å². The van der Waals surface area contributed by atoms with Gasteiger partial charge >= 0.3 is 29.6 Å². The number of amides is 1. The molecule has 0 bridgehead atoms. The van der Waals surface area contributed by atoms with E-state index < -0.39 is 11.8 Å². The second kappa shape index (κ2) is 6.28. The van der Waals surface area contributed by atoms with Crippen LogP contribution in [0.5, 0.6) is 0 Å². The molecule has 1 N–H and O–H groups in total. The molecule has 0 aromatic carbocycles. The summed E-state index contributed by atoms with van der Waals surface area (Å²) in [6.45, 7) is 0. The smallest absolute Gasteiger partial charge is 0.541 e. The first-order valence-corrected chi connectivity index (χ1v) is 3.58. The van der Waals surface area contributed by atoms with Gasteiger partial charge in [0.2, 0.25) is 12.2 Å². The molecule has 1 amide bonds. The molecule has 0 spiro atoms. The minimum atomic E-state index is -1.83. The van der Waals surface area contributed by atoms with Gasteiger partial charge in [0.1, 0.15) is 17.5 Å². The normalized spacial score (nSPS) is 8.53. The Kier molecular flexibility index (Phi) is 5.76. The Morgan fingerprint density at radius 1 is 1.40 bits per heavy atom. The molecule has 0 fully saturated rings. The molecule has 0 aliphatic rings. The zero-order valence-electron chi connectivity index (χ0n) is 7.89. The average molecular weight is 216 g/mol. The number of nitrogens with zero attached hydrogens (tertiary/aromatic N) is 1. The second-order valence-electron chi connectivity index (χ2n) is 2.29. The van der Waals surface area contributed by atoms with Crippen LogP contribution in [-0.4, -0.2) is 23.1 Å². The molecular weight excluding hydrogens is 211 g/mol. The number of nitrogens with one attached hydrogen (secondary N) is 1. The fraction of sp³-hybridized carbons (Fsp3) is 0. The van der Waals surface area contributed by atoms with E-state index in [9.17, 15) is 19.5 Å². The number of aliphatic carboxylic acids is 1. The first-order chi connectivity index (χ1) is 6.65. The molecular formula is C8H5N2NaO4. The van der Waals surface area contributed by atoms with Gasteiger partial charge < -0.3 is 15.2 Å². The number of carboxylic acids is 1. The standard InChI is InChI=1S/C8H6N2O4.Na/c11-4-9-6-3-1-2-5(10-6)7(12)8(13)14;/h1-4H,(H,13,14)(H,9,10,11);/q;+1/p-1. The number of pyridine rings is 1. The van der Waals surface area contributed by atoms with E-state index in [4.69, 9.17) is 0 Å². The monoisotopic (exact) mass is 216 g/mol. The fourth-order valence-electron chi connectivity index (χ4n) is 0.806. The molecule has 7 heteroatoms. The Morgan fingerprint density at radius 3 is 2.60 bits per heavy atom. The van der Waals surface area contributed by atoms with E-state index in [1.165, 1.54) is 18.2 Å². The number of hydrogen-bond donors (Lipinski definition) is 1. The maximum absolute atomic E-state index is 10.9. The number of ketones is 1. The number of carbonyl (C=O) groups is 3. The molecule has 1 rings (SSSR count). The largest absolute Gasteiger partial charge is 1.00 e. The van der Waals surface area contributed by atoms with Crippen LogP contribution in [0, 0.1) is 0 Å². The molecule has 0 unspecified atom stereocenters. The first-order valence-electron chi connectivity index (χ1n) is 3.58. The van der Waals surface area contributed by atoms with Crippen LogP contribution in [0.1, 0.15) is 10.5 Å². The minimum Gasteiger partial charge on any atom is -0.541 e. The number of aromatic nitrogens is 1. The van der Waals surface area contributed by atoms with E-state index in [-0.39, 0.29) is 41.1 Å². The van der Waals surface area contributed by atoms with Crippen molar-refractivity contribution in [2.24, 2.45) is 0 Å². The van der Waals surface area contributed by atoms with Crippen LogP contribution in [-0.2, 0) is 9.59 Å². The van der Waals surface area contributed by atoms with Gasteiger partial charge in [0.05, 0.1) is 0 Å². The van der Waals surface area contributed by atoms with Gasteiger partial charge in [-0.1, -0.05) is 6.07 Å². The van der Waals surface area contributed by atoms with Crippen LogP contribution < -0.4 is 40.0 Å². The number of carbonyl (C=O) groups excluding carboxylic acids is 3. The summed E-state index contributed by atoms with van der Waals surface area (Å²) in [6.07, 6.45) is 0.371. The number of hydrogen-bond acceptors (Lipinski definition) is 5. The third-order valence-electron chi connectivity index (χ3n) is 1.37. The molecule has 0 aliphatic carbocycles. The molecule has 72 valence electrons. The summed E-state index contributed by atoms with van der Waals surface area (Å²) >= 11 is 0. The van der Waals surface area contributed by atoms with E-state index >= 15 is 0 Å². The van der Waals surface area contributed by atoms with E-state index in [1.54, 1.807) is 0 Å². The number of rotatable bonds is 4. The van der Waals surface area contributed by atoms with Crippen LogP contribution in [0.15, 0.2) is 18.2 Å². The predicted molar refractivity (Wildman–Crippen MR) is 43.3 cm³/mol. The predicted octanol–water partition coefficient (Wildman–Crippen LogP) is -4.41. The third-order valence-corrected chi connectivity index (χ3v) is 1.37. The van der Waals surface area contributed by atoms with Crippen molar-refractivity contribution in [3.63, 3.8) is 0 Å². The first kappa shape index (κ1) is 13.8. The van der Waals surface area contributed by atoms with Gasteiger partial charge in [-0.25, -0.2) is 4.98 Å². The van der Waals surface area contributed by atoms with E-state index in [1.807, 2.05) is 0 Å². The molecule has 0 radical (unpaired) electrons. The molecule has 0 saturated heterocycles. The van der Waals surface area contributed by atoms with E-state index in [0.29, 0.717) is 6.41 Å². The summed E-state index contributed by atoms with van der Waals surface area (Å²) in [5.74, 6) is -2.95. The van der Waals surface area contributed by atoms with Crippen LogP contribution in [0.3, 0.4) is 0 Å². The van der Waals surface area contributed by atoms with Crippen molar-refractivity contribution in [1.82, 2.24) is 4.98 Å². The van der Waals surface area contributed by atoms with Crippen LogP contribution in [0.25, 0.3) is 0 Å². The zero-order valence-corrected chi connectivity index (χ0v) is 9.89. The third kappa shape index (κ3) is 3.78. The maximum atomic E-state index is 10.9. The summed E-state index contributed by atoms with van der Waals surface area (Å²) < 4.78 is 0. The van der Waals surface area contributed by atoms with Crippen molar-refractivity contribution in [2.45, 2.75) is 0 Å². The molecule has 1 aromatic heterocycles. The van der Waals surface area contributed by atoms with Gasteiger partial charge in [-0.2, -0.15) is 0 Å². The van der Waals surface area contributed by atoms with Crippen molar-refractivity contribution in [1.29, 1.82) is 0 Å². The summed E-state index contributed by atoms with van der Waals surface area (Å²) in [7, 11) is 0. The molecule has 0 atom stereocenters. The van der Waals surface area contributed by atoms with Crippen molar-refractivity contribution >= 4 is 24.0 Å². The van der Waals surface area contributed by atoms with Gasteiger partial charge in [0.15, 0.2) is 0 Å². The zero-order chi connectivity index (χ0) is 10.6. The molecule has 1 aromatic rings. The van der Waals surface area contributed by atoms with Crippen LogP contribution >= 0.6 is 0 Å². The number of anilines is 1. The Hall–Kier alpha value is -1.24. The maximum Gasteiger partial charge on any atom is 1.00 e. The summed E-state index contributed by atoms with van der Waals surface area (Å²) in [6, 6.07) is 4.03. The number of carboxylic acid groups (broad SMARTS) is 1. The summed E-state index contributed by atoms with van der Waals surface area (Å²) in [5.41, 5.74) is -0.281. The molecule has 0 aliphatic heterocycles. The van der Waals surface area contributed by atoms with Crippen molar-refractivity contribution in [3.05, 3.63) is 23.9 Å². The van der Waals surface area contributed by atoms with Crippen molar-refractivity contribution < 1.29 is 49.0 Å². The van der Waals surface area contributed by atoms with E-state index in [2.05, 4.69) is 10.3 Å². The summed E-state index contributed by atoms with van der Waals surface area (Å²) in [5, 5.41) is 12.4. The molecule has 1 heterocycles. The number of Topliss-reactive ketones (excluding diaryl/α,β-unsaturated/α-hetero) is 1. The quantitative estimate of drug-likeness (QED) is 0.237. The Balaban J connectivity index is 0.00000196. The van der Waals surface area contributed by atoms with Gasteiger partial charge in [0, 0.05) is 0 Å². The average Bonchev–Trinajstić information content (AvgIpc) is 2.17. The second-order valence-corrected chi connectivity index (χ2v) is 2.29. The summed E-state index contributed by atoms with van der Waals surface area (Å²) in [4.78, 5) is 34.6. The minimum absolute atomic E-state index is 0. The molecule has 6 nitrogen and oxygen atoms in total. The van der Waals surface area contributed by atoms with E-state index in [0.717, 1.165) is 0 Å². The van der Waals surface area contributed by atoms with Crippen LogP contribution in [0.2, 0.25) is 0 Å². The molecule has 0 saturated carbocycles. The Labute approximate surface area is 107 Å². The van der Waals surface area contributed by atoms with Gasteiger partial charge in [-0.05, 0) is 12.1 Å². The fourth-order valence-corrected chi connectivity index (χ4v) is 0.806. The Morgan fingerprint density at radius 2 is 2.07 bits per heavy atom.